The molecule has 1 heterocycles. The van der Waals surface area contributed by atoms with E-state index in [-0.39, 0.29) is 30.1 Å². The number of hydrogen-bond acceptors (Lipinski definition) is 5. The van der Waals surface area contributed by atoms with E-state index in [1.54, 1.807) is 18.2 Å². The highest BCUT2D eigenvalue weighted by atomic mass is 16.5. The Labute approximate surface area is 162 Å². The lowest BCUT2D eigenvalue weighted by molar-refractivity contribution is -0.137. The minimum atomic E-state index is -0.939. The van der Waals surface area contributed by atoms with Gasteiger partial charge in [0.15, 0.2) is 0 Å². The molecule has 6 nitrogen and oxygen atoms in total. The number of carboxylic acid groups (broad SMARTS) is 1. The van der Waals surface area contributed by atoms with Gasteiger partial charge in [0, 0.05) is 6.07 Å². The molecule has 3 rings (SSSR count). The van der Waals surface area contributed by atoms with E-state index < -0.39 is 5.97 Å². The van der Waals surface area contributed by atoms with Crippen LogP contribution in [0.25, 0.3) is 11.0 Å². The molecule has 0 aliphatic carbocycles. The van der Waals surface area contributed by atoms with Crippen LogP contribution in [0.4, 0.5) is 0 Å². The van der Waals surface area contributed by atoms with Crippen LogP contribution in [0.2, 0.25) is 0 Å². The molecule has 6 heteroatoms. The first-order valence-corrected chi connectivity index (χ1v) is 9.03. The number of aryl methyl sites for hydroxylation is 1. The summed E-state index contributed by atoms with van der Waals surface area (Å²) >= 11 is 0. The van der Waals surface area contributed by atoms with Gasteiger partial charge in [-0.05, 0) is 42.2 Å². The Hall–Kier alpha value is -3.28. The topological polar surface area (TPSA) is 86.0 Å². The van der Waals surface area contributed by atoms with Crippen molar-refractivity contribution in [3.63, 3.8) is 0 Å². The van der Waals surface area contributed by atoms with Gasteiger partial charge in [0.05, 0.1) is 18.4 Å². The second-order valence-corrected chi connectivity index (χ2v) is 6.88. The van der Waals surface area contributed by atoms with E-state index in [2.05, 4.69) is 13.8 Å². The van der Waals surface area contributed by atoms with Gasteiger partial charge in [0.1, 0.15) is 23.3 Å². The maximum absolute atomic E-state index is 12.8. The first-order valence-electron chi connectivity index (χ1n) is 9.03. The molecule has 1 N–H and O–H groups in total. The van der Waals surface area contributed by atoms with Crippen LogP contribution in [-0.4, -0.2) is 17.7 Å². The highest BCUT2D eigenvalue weighted by Crippen LogP contribution is 2.31. The van der Waals surface area contributed by atoms with Gasteiger partial charge >= 0.3 is 5.97 Å². The fourth-order valence-electron chi connectivity index (χ4n) is 2.83. The van der Waals surface area contributed by atoms with E-state index in [0.717, 1.165) is 11.1 Å². The van der Waals surface area contributed by atoms with Crippen molar-refractivity contribution < 1.29 is 23.8 Å². The SMILES string of the molecule is Cc1ccc(C(C)C)c(Oc2coc3cc(OCCC(=O)O)ccc3c2=O)c1. The fourth-order valence-corrected chi connectivity index (χ4v) is 2.83. The van der Waals surface area contributed by atoms with Crippen molar-refractivity contribution in [2.45, 2.75) is 33.1 Å². The molecule has 0 saturated carbocycles. The third-order valence-electron chi connectivity index (χ3n) is 4.31. The summed E-state index contributed by atoms with van der Waals surface area (Å²) in [5.41, 5.74) is 2.10. The van der Waals surface area contributed by atoms with Gasteiger partial charge in [0.25, 0.3) is 0 Å². The van der Waals surface area contributed by atoms with Crippen molar-refractivity contribution in [3.05, 3.63) is 64.0 Å². The molecule has 2 aromatic carbocycles. The maximum Gasteiger partial charge on any atom is 0.306 e. The summed E-state index contributed by atoms with van der Waals surface area (Å²) in [6.45, 7) is 6.13. The van der Waals surface area contributed by atoms with E-state index in [1.165, 1.54) is 6.26 Å². The zero-order chi connectivity index (χ0) is 20.3. The second kappa shape index (κ2) is 8.17. The lowest BCUT2D eigenvalue weighted by Gasteiger charge is -2.14. The Morgan fingerprint density at radius 3 is 2.64 bits per heavy atom. The first kappa shape index (κ1) is 19.5. The Morgan fingerprint density at radius 2 is 1.93 bits per heavy atom. The fraction of sp³-hybridized carbons (Fsp3) is 0.273. The van der Waals surface area contributed by atoms with Gasteiger partial charge in [-0.2, -0.15) is 0 Å². The average molecular weight is 382 g/mol. The molecule has 146 valence electrons. The minimum absolute atomic E-state index is 0.0393. The third-order valence-corrected chi connectivity index (χ3v) is 4.31. The van der Waals surface area contributed by atoms with E-state index >= 15 is 0 Å². The monoisotopic (exact) mass is 382 g/mol. The highest BCUT2D eigenvalue weighted by molar-refractivity contribution is 5.79. The summed E-state index contributed by atoms with van der Waals surface area (Å²) in [6.07, 6.45) is 1.18. The maximum atomic E-state index is 12.8. The Bertz CT molecular complexity index is 1060. The van der Waals surface area contributed by atoms with Crippen molar-refractivity contribution in [1.82, 2.24) is 0 Å². The van der Waals surface area contributed by atoms with Crippen LogP contribution in [0.5, 0.6) is 17.2 Å². The molecule has 3 aromatic rings. The largest absolute Gasteiger partial charge is 0.493 e. The molecular formula is C22H22O6. The van der Waals surface area contributed by atoms with E-state index in [0.29, 0.717) is 22.5 Å². The smallest absolute Gasteiger partial charge is 0.306 e. The van der Waals surface area contributed by atoms with Gasteiger partial charge in [-0.3, -0.25) is 9.59 Å². The van der Waals surface area contributed by atoms with Gasteiger partial charge in [0.2, 0.25) is 11.2 Å². The molecule has 0 saturated heterocycles. The Balaban J connectivity index is 1.90. The number of ether oxygens (including phenoxy) is 2. The second-order valence-electron chi connectivity index (χ2n) is 6.88. The van der Waals surface area contributed by atoms with Crippen molar-refractivity contribution >= 4 is 16.9 Å². The van der Waals surface area contributed by atoms with E-state index in [1.807, 2.05) is 25.1 Å². The number of fused-ring (bicyclic) bond motifs is 1. The van der Waals surface area contributed by atoms with Gasteiger partial charge in [-0.15, -0.1) is 0 Å². The number of carbonyl (C=O) groups is 1. The van der Waals surface area contributed by atoms with Crippen LogP contribution >= 0.6 is 0 Å². The molecule has 28 heavy (non-hydrogen) atoms. The first-order chi connectivity index (χ1) is 13.3. The standard InChI is InChI=1S/C22H22O6/c1-13(2)16-6-4-14(3)10-19(16)28-20-12-27-18-11-15(26-9-8-21(23)24)5-7-17(18)22(20)25/h4-7,10-13H,8-9H2,1-3H3,(H,23,24). The number of aliphatic carboxylic acids is 1. The summed E-state index contributed by atoms with van der Waals surface area (Å²) in [5.74, 6) is 0.487. The molecule has 0 bridgehead atoms. The number of carboxylic acids is 1. The van der Waals surface area contributed by atoms with Crippen molar-refractivity contribution in [1.29, 1.82) is 0 Å². The van der Waals surface area contributed by atoms with Crippen LogP contribution in [-0.2, 0) is 4.79 Å². The molecule has 1 aromatic heterocycles. The molecule has 0 aliphatic heterocycles. The lowest BCUT2D eigenvalue weighted by Crippen LogP contribution is -2.07. The normalized spacial score (nSPS) is 11.0. The quantitative estimate of drug-likeness (QED) is 0.627. The van der Waals surface area contributed by atoms with Crippen LogP contribution < -0.4 is 14.9 Å². The zero-order valence-corrected chi connectivity index (χ0v) is 16.0. The Kier molecular flexibility index (Phi) is 5.68. The number of rotatable bonds is 7. The lowest BCUT2D eigenvalue weighted by atomic mass is 10.0. The van der Waals surface area contributed by atoms with Crippen molar-refractivity contribution in [2.75, 3.05) is 6.61 Å². The molecule has 0 spiro atoms. The molecule has 0 fully saturated rings. The molecular weight excluding hydrogens is 360 g/mol. The van der Waals surface area contributed by atoms with Crippen LogP contribution in [0.3, 0.4) is 0 Å². The number of hydrogen-bond donors (Lipinski definition) is 1. The predicted molar refractivity (Wildman–Crippen MR) is 106 cm³/mol. The van der Waals surface area contributed by atoms with Crippen molar-refractivity contribution in [2.24, 2.45) is 0 Å². The van der Waals surface area contributed by atoms with Gasteiger partial charge < -0.3 is 19.0 Å². The number of benzene rings is 2. The molecule has 0 unspecified atom stereocenters. The average Bonchev–Trinajstić information content (AvgIpc) is 2.63. The van der Waals surface area contributed by atoms with E-state index in [9.17, 15) is 9.59 Å². The molecule has 0 aliphatic rings. The summed E-state index contributed by atoms with van der Waals surface area (Å²) in [5, 5.41) is 9.03. The van der Waals surface area contributed by atoms with Crippen molar-refractivity contribution in [3.8, 4) is 17.2 Å². The van der Waals surface area contributed by atoms with E-state index in [4.69, 9.17) is 19.0 Å². The highest BCUT2D eigenvalue weighted by Gasteiger charge is 2.14. The molecule has 0 radical (unpaired) electrons. The minimum Gasteiger partial charge on any atom is -0.493 e. The summed E-state index contributed by atoms with van der Waals surface area (Å²) in [6, 6.07) is 10.7. The van der Waals surface area contributed by atoms with Gasteiger partial charge in [-0.25, -0.2) is 0 Å². The van der Waals surface area contributed by atoms with Crippen LogP contribution in [0, 0.1) is 6.92 Å². The molecule has 0 amide bonds. The summed E-state index contributed by atoms with van der Waals surface area (Å²) < 4.78 is 16.9. The summed E-state index contributed by atoms with van der Waals surface area (Å²) in [7, 11) is 0. The van der Waals surface area contributed by atoms with Crippen LogP contribution in [0.15, 0.2) is 51.9 Å². The Morgan fingerprint density at radius 1 is 1.14 bits per heavy atom. The third kappa shape index (κ3) is 4.34. The van der Waals surface area contributed by atoms with Crippen LogP contribution in [0.1, 0.15) is 37.3 Å². The summed E-state index contributed by atoms with van der Waals surface area (Å²) in [4.78, 5) is 23.4. The zero-order valence-electron chi connectivity index (χ0n) is 16.0. The predicted octanol–water partition coefficient (Wildman–Crippen LogP) is 4.87. The molecule has 0 atom stereocenters. The van der Waals surface area contributed by atoms with Gasteiger partial charge in [-0.1, -0.05) is 26.0 Å².